The van der Waals surface area contributed by atoms with Gasteiger partial charge in [0.25, 0.3) is 0 Å². The van der Waals surface area contributed by atoms with Gasteiger partial charge >= 0.3 is 73.8 Å². The molecule has 0 aliphatic carbocycles. The largest absolute Gasteiger partial charge is 4.00 e. The fourth-order valence-electron chi connectivity index (χ4n) is 0.144. The first-order chi connectivity index (χ1) is 2.50. The van der Waals surface area contributed by atoms with Gasteiger partial charge in [-0.1, -0.05) is 0 Å². The summed E-state index contributed by atoms with van der Waals surface area (Å²) < 4.78 is 0. The van der Waals surface area contributed by atoms with Crippen molar-refractivity contribution in [2.24, 2.45) is 0 Å². The van der Waals surface area contributed by atoms with Crippen LogP contribution in [0.25, 0.3) is 0 Å². The zero-order valence-electron chi connectivity index (χ0n) is 4.11. The number of halogens is 3. The molecule has 1 atom stereocenters. The van der Waals surface area contributed by atoms with Crippen molar-refractivity contribution in [1.82, 2.24) is 0 Å². The van der Waals surface area contributed by atoms with E-state index < -0.39 is 0 Å². The molecule has 0 aromatic rings. The van der Waals surface area contributed by atoms with Gasteiger partial charge in [-0.2, -0.15) is 0 Å². The van der Waals surface area contributed by atoms with Crippen molar-refractivity contribution in [3.8, 4) is 0 Å². The monoisotopic (exact) mass is 446 g/mol. The maximum atomic E-state index is 3.29. The molecule has 0 radical (unpaired) electrons. The molecule has 1 aliphatic heterocycles. The van der Waals surface area contributed by atoms with E-state index in [1.807, 2.05) is 0 Å². The van der Waals surface area contributed by atoms with Crippen molar-refractivity contribution >= 4 is 37.9 Å². The second-order valence-corrected chi connectivity index (χ2v) is 21.6. The molecule has 0 aromatic carbocycles. The predicted molar refractivity (Wildman–Crippen MR) is 26.5 cm³/mol. The average Bonchev–Trinajstić information content (AvgIpc) is 1.76. The molecule has 0 fully saturated rings. The van der Waals surface area contributed by atoms with Crippen LogP contribution in [-0.2, 0) is 26.2 Å². The normalized spacial score (nSPS) is 16.0. The zero-order valence-corrected chi connectivity index (χ0v) is 14.7. The van der Waals surface area contributed by atoms with Gasteiger partial charge < -0.3 is 37.2 Å². The Morgan fingerprint density at radius 2 is 1.78 bits per heavy atom. The molecule has 0 N–H and O–H groups in total. The minimum Gasteiger partial charge on any atom is -1.00 e. The maximum Gasteiger partial charge on any atom is 4.00 e. The van der Waals surface area contributed by atoms with Gasteiger partial charge in [-0.05, 0) is 0 Å². The van der Waals surface area contributed by atoms with Crippen LogP contribution in [-0.4, -0.2) is 37.9 Å². The molecular weight excluding hydrogens is 446 g/mol. The minimum atomic E-state index is 0. The fraction of sp³-hybridized carbons (Fsp3) is 0. The molecule has 1 rings (SSSR count). The summed E-state index contributed by atoms with van der Waals surface area (Å²) in [6, 6.07) is 0. The van der Waals surface area contributed by atoms with Crippen molar-refractivity contribution in [3.63, 3.8) is 0 Å². The Bertz CT molecular complexity index is 75.1. The molecule has 1 unspecified atom stereocenters. The Balaban J connectivity index is -0.0000000312. The van der Waals surface area contributed by atoms with E-state index in [1.165, 1.54) is 0 Å². The Kier molecular flexibility index (Phi) is 43.7. The molecule has 0 saturated heterocycles. The van der Waals surface area contributed by atoms with E-state index in [2.05, 4.69) is 9.73 Å². The van der Waals surface area contributed by atoms with Crippen LogP contribution in [0.15, 0.2) is 4.86 Å². The van der Waals surface area contributed by atoms with Gasteiger partial charge in [0.05, 0.1) is 0 Å². The first kappa shape index (κ1) is 22.7. The minimum absolute atomic E-state index is 0. The van der Waals surface area contributed by atoms with Gasteiger partial charge in [-0.15, -0.1) is 0 Å². The standard InChI is InChI=1S/C2H2As3.3ClH.Zr/c1-2-4-5-3-1;;;;/h1,3H;3*1H;/q-1;;;;+4/p-3. The Hall–Kier alpha value is 3.17. The maximum absolute atomic E-state index is 3.29. The molecule has 0 spiro atoms. The summed E-state index contributed by atoms with van der Waals surface area (Å²) in [4.78, 5) is 5.61. The van der Waals surface area contributed by atoms with Gasteiger partial charge in [0, 0.05) is 0 Å². The molecule has 0 aromatic heterocycles. The van der Waals surface area contributed by atoms with Crippen molar-refractivity contribution < 1.29 is 63.4 Å². The van der Waals surface area contributed by atoms with Crippen molar-refractivity contribution in [2.75, 3.05) is 0 Å². The zero-order chi connectivity index (χ0) is 3.54. The fourth-order valence-corrected chi connectivity index (χ4v) is 20.3. The van der Waals surface area contributed by atoms with Gasteiger partial charge in [0.15, 0.2) is 0 Å². The second kappa shape index (κ2) is 17.3. The third-order valence-corrected chi connectivity index (χ3v) is 20.2. The van der Waals surface area contributed by atoms with E-state index in [1.54, 1.807) is 0 Å². The van der Waals surface area contributed by atoms with Crippen LogP contribution < -0.4 is 37.2 Å². The van der Waals surface area contributed by atoms with Crippen LogP contribution in [0.5, 0.6) is 0 Å². The molecule has 0 saturated carbocycles. The van der Waals surface area contributed by atoms with Crippen LogP contribution >= 0.6 is 0 Å². The Morgan fingerprint density at radius 3 is 1.89 bits per heavy atom. The van der Waals surface area contributed by atoms with Crippen LogP contribution in [0, 0.1) is 4.86 Å². The molecule has 1 aliphatic rings. The third kappa shape index (κ3) is 14.1. The predicted octanol–water partition coefficient (Wildman–Crippen LogP) is -10.0. The summed E-state index contributed by atoms with van der Waals surface area (Å²) >= 11 is 2.14. The number of hydrogen-bond donors (Lipinski definition) is 0. The first-order valence-electron chi connectivity index (χ1n) is 1.22. The first-order valence-corrected chi connectivity index (χ1v) is 14.4. The molecule has 50 valence electrons. The molecule has 1 heterocycles. The Labute approximate surface area is 109 Å². The van der Waals surface area contributed by atoms with Crippen LogP contribution in [0.2, 0.25) is 0 Å². The molecule has 7 heteroatoms. The van der Waals surface area contributed by atoms with Crippen LogP contribution in [0.3, 0.4) is 0 Å². The van der Waals surface area contributed by atoms with E-state index in [-0.39, 0.29) is 63.4 Å². The topological polar surface area (TPSA) is 0 Å². The van der Waals surface area contributed by atoms with E-state index in [0.717, 1.165) is 11.1 Å². The quantitative estimate of drug-likeness (QED) is 0.255. The van der Waals surface area contributed by atoms with E-state index >= 15 is 0 Å². The summed E-state index contributed by atoms with van der Waals surface area (Å²) in [6.07, 6.45) is 0. The molecule has 0 bridgehead atoms. The second-order valence-electron chi connectivity index (χ2n) is 0.603. The van der Waals surface area contributed by atoms with E-state index in [4.69, 9.17) is 0 Å². The smallest absolute Gasteiger partial charge is 1.00 e. The summed E-state index contributed by atoms with van der Waals surface area (Å²) in [5.74, 6) is 0. The van der Waals surface area contributed by atoms with Gasteiger partial charge in [-0.25, -0.2) is 0 Å². The van der Waals surface area contributed by atoms with Crippen LogP contribution in [0.4, 0.5) is 0 Å². The molecular formula is C2H2As3Cl3Zr. The average molecular weight is 448 g/mol. The van der Waals surface area contributed by atoms with Crippen molar-refractivity contribution in [3.05, 3.63) is 9.73 Å². The summed E-state index contributed by atoms with van der Waals surface area (Å²) in [7, 11) is 0. The third-order valence-electron chi connectivity index (χ3n) is 0.295. The van der Waals surface area contributed by atoms with Crippen molar-refractivity contribution in [2.45, 2.75) is 0 Å². The van der Waals surface area contributed by atoms with Gasteiger partial charge in [0.1, 0.15) is 0 Å². The number of hydrogen-bond acceptors (Lipinski definition) is 0. The Morgan fingerprint density at radius 1 is 1.22 bits per heavy atom. The van der Waals surface area contributed by atoms with Crippen LogP contribution in [0.1, 0.15) is 0 Å². The molecule has 0 nitrogen and oxygen atoms in total. The van der Waals surface area contributed by atoms with E-state index in [0.29, 0.717) is 26.8 Å². The molecule has 0 amide bonds. The van der Waals surface area contributed by atoms with Gasteiger partial charge in [0.2, 0.25) is 0 Å². The molecule has 9 heavy (non-hydrogen) atoms. The summed E-state index contributed by atoms with van der Waals surface area (Å²) in [6.45, 7) is 0. The number of rotatable bonds is 0. The van der Waals surface area contributed by atoms with E-state index in [9.17, 15) is 0 Å². The summed E-state index contributed by atoms with van der Waals surface area (Å²) in [5.41, 5.74) is 0. The SMILES string of the molecule is [C-]1=C[AsH][As]=[As]1.[Cl-].[Cl-].[Cl-].[Zr+4]. The van der Waals surface area contributed by atoms with Crippen molar-refractivity contribution in [1.29, 1.82) is 0 Å². The van der Waals surface area contributed by atoms with Gasteiger partial charge in [-0.3, -0.25) is 0 Å². The summed E-state index contributed by atoms with van der Waals surface area (Å²) in [5, 5.41) is 0.